The highest BCUT2D eigenvalue weighted by molar-refractivity contribution is 6.06. The van der Waals surface area contributed by atoms with Gasteiger partial charge in [-0.25, -0.2) is 0 Å². The molecule has 0 aliphatic carbocycles. The lowest BCUT2D eigenvalue weighted by molar-refractivity contribution is 0.102. The number of anilines is 2. The highest BCUT2D eigenvalue weighted by Gasteiger charge is 2.09. The fraction of sp³-hybridized carbons (Fsp3) is 0.0667. The van der Waals surface area contributed by atoms with Crippen molar-refractivity contribution in [3.05, 3.63) is 59.2 Å². The Morgan fingerprint density at radius 3 is 2.47 bits per heavy atom. The maximum Gasteiger partial charge on any atom is 0.255 e. The van der Waals surface area contributed by atoms with Crippen LogP contribution in [0.15, 0.2) is 42.5 Å². The number of amides is 1. The number of hydrogen-bond acceptors (Lipinski definition) is 3. The van der Waals surface area contributed by atoms with Crippen LogP contribution in [-0.2, 0) is 0 Å². The van der Waals surface area contributed by atoms with Gasteiger partial charge in [0, 0.05) is 5.56 Å². The van der Waals surface area contributed by atoms with Crippen molar-refractivity contribution in [2.24, 2.45) is 0 Å². The number of nitrogens with two attached hydrogens (primary N) is 1. The van der Waals surface area contributed by atoms with E-state index in [-0.39, 0.29) is 5.91 Å². The number of hydrogen-bond donors (Lipinski definition) is 2. The van der Waals surface area contributed by atoms with Gasteiger partial charge in [-0.1, -0.05) is 12.1 Å². The van der Waals surface area contributed by atoms with E-state index in [4.69, 9.17) is 11.0 Å². The SMILES string of the molecule is Cc1cccc(N)c1NC(=O)c1ccc(C#N)cc1. The van der Waals surface area contributed by atoms with Gasteiger partial charge in [0.15, 0.2) is 0 Å². The van der Waals surface area contributed by atoms with Crippen molar-refractivity contribution in [1.29, 1.82) is 5.26 Å². The zero-order valence-corrected chi connectivity index (χ0v) is 10.5. The van der Waals surface area contributed by atoms with Crippen LogP contribution in [0, 0.1) is 18.3 Å². The van der Waals surface area contributed by atoms with Gasteiger partial charge in [0.05, 0.1) is 23.0 Å². The lowest BCUT2D eigenvalue weighted by Gasteiger charge is -2.11. The topological polar surface area (TPSA) is 78.9 Å². The third-order valence-corrected chi connectivity index (χ3v) is 2.82. The van der Waals surface area contributed by atoms with Crippen LogP contribution in [-0.4, -0.2) is 5.91 Å². The summed E-state index contributed by atoms with van der Waals surface area (Å²) in [6.07, 6.45) is 0. The van der Waals surface area contributed by atoms with Crippen LogP contribution in [0.1, 0.15) is 21.5 Å². The van der Waals surface area contributed by atoms with Gasteiger partial charge in [-0.15, -0.1) is 0 Å². The molecule has 0 heterocycles. The molecule has 0 saturated heterocycles. The summed E-state index contributed by atoms with van der Waals surface area (Å²) in [5.74, 6) is -0.245. The second kappa shape index (κ2) is 5.23. The Balaban J connectivity index is 2.23. The number of benzene rings is 2. The molecule has 0 unspecified atom stereocenters. The molecule has 0 atom stereocenters. The Labute approximate surface area is 111 Å². The molecule has 0 aromatic heterocycles. The number of nitrogens with one attached hydrogen (secondary N) is 1. The maximum absolute atomic E-state index is 12.1. The first kappa shape index (κ1) is 12.7. The number of nitrogens with zero attached hydrogens (tertiary/aromatic N) is 1. The number of carbonyl (C=O) groups excluding carboxylic acids is 1. The van der Waals surface area contributed by atoms with Gasteiger partial charge in [-0.05, 0) is 42.8 Å². The van der Waals surface area contributed by atoms with Gasteiger partial charge in [0.1, 0.15) is 0 Å². The van der Waals surface area contributed by atoms with E-state index in [2.05, 4.69) is 5.32 Å². The van der Waals surface area contributed by atoms with Crippen molar-refractivity contribution in [2.45, 2.75) is 6.92 Å². The molecule has 94 valence electrons. The lowest BCUT2D eigenvalue weighted by Crippen LogP contribution is -2.14. The molecule has 0 aliphatic heterocycles. The number of rotatable bonds is 2. The smallest absolute Gasteiger partial charge is 0.255 e. The predicted octanol–water partition coefficient (Wildman–Crippen LogP) is 2.70. The molecular formula is C15H13N3O. The second-order valence-corrected chi connectivity index (χ2v) is 4.18. The van der Waals surface area contributed by atoms with E-state index in [1.165, 1.54) is 0 Å². The largest absolute Gasteiger partial charge is 0.397 e. The van der Waals surface area contributed by atoms with Crippen molar-refractivity contribution < 1.29 is 4.79 Å². The van der Waals surface area contributed by atoms with Crippen LogP contribution in [0.2, 0.25) is 0 Å². The molecule has 0 spiro atoms. The van der Waals surface area contributed by atoms with Crippen molar-refractivity contribution in [2.75, 3.05) is 11.1 Å². The molecule has 1 amide bonds. The van der Waals surface area contributed by atoms with E-state index in [0.29, 0.717) is 22.5 Å². The molecule has 4 nitrogen and oxygen atoms in total. The molecule has 2 rings (SSSR count). The van der Waals surface area contributed by atoms with Crippen molar-refractivity contribution in [3.63, 3.8) is 0 Å². The van der Waals surface area contributed by atoms with Gasteiger partial charge in [-0.3, -0.25) is 4.79 Å². The lowest BCUT2D eigenvalue weighted by atomic mass is 10.1. The maximum atomic E-state index is 12.1. The van der Waals surface area contributed by atoms with Crippen LogP contribution in [0.25, 0.3) is 0 Å². The van der Waals surface area contributed by atoms with Crippen LogP contribution in [0.4, 0.5) is 11.4 Å². The Hall–Kier alpha value is -2.80. The van der Waals surface area contributed by atoms with Gasteiger partial charge >= 0.3 is 0 Å². The molecule has 2 aromatic carbocycles. The zero-order valence-electron chi connectivity index (χ0n) is 10.5. The molecule has 0 fully saturated rings. The van der Waals surface area contributed by atoms with Crippen molar-refractivity contribution in [3.8, 4) is 6.07 Å². The molecule has 0 bridgehead atoms. The summed E-state index contributed by atoms with van der Waals surface area (Å²) >= 11 is 0. The summed E-state index contributed by atoms with van der Waals surface area (Å²) in [6.45, 7) is 1.88. The molecule has 3 N–H and O–H groups in total. The zero-order chi connectivity index (χ0) is 13.8. The summed E-state index contributed by atoms with van der Waals surface area (Å²) in [7, 11) is 0. The summed E-state index contributed by atoms with van der Waals surface area (Å²) < 4.78 is 0. The number of aryl methyl sites for hydroxylation is 1. The van der Waals surface area contributed by atoms with Gasteiger partial charge in [0.25, 0.3) is 5.91 Å². The highest BCUT2D eigenvalue weighted by atomic mass is 16.1. The van der Waals surface area contributed by atoms with E-state index < -0.39 is 0 Å². The van der Waals surface area contributed by atoms with Crippen molar-refractivity contribution in [1.82, 2.24) is 0 Å². The first-order valence-corrected chi connectivity index (χ1v) is 5.78. The first-order valence-electron chi connectivity index (χ1n) is 5.78. The quantitative estimate of drug-likeness (QED) is 0.805. The second-order valence-electron chi connectivity index (χ2n) is 4.18. The molecule has 2 aromatic rings. The Morgan fingerprint density at radius 1 is 1.21 bits per heavy atom. The normalized spacial score (nSPS) is 9.68. The van der Waals surface area contributed by atoms with Crippen LogP contribution in [0.5, 0.6) is 0 Å². The fourth-order valence-electron chi connectivity index (χ4n) is 1.74. The number of nitriles is 1. The Kier molecular flexibility index (Phi) is 3.48. The van der Waals surface area contributed by atoms with E-state index in [9.17, 15) is 4.79 Å². The molecule has 19 heavy (non-hydrogen) atoms. The van der Waals surface area contributed by atoms with Gasteiger partial charge in [-0.2, -0.15) is 5.26 Å². The van der Waals surface area contributed by atoms with Crippen LogP contribution >= 0.6 is 0 Å². The number of nitrogen functional groups attached to an aromatic ring is 1. The molecule has 0 aliphatic rings. The van der Waals surface area contributed by atoms with E-state index >= 15 is 0 Å². The minimum absolute atomic E-state index is 0.245. The highest BCUT2D eigenvalue weighted by Crippen LogP contribution is 2.23. The minimum Gasteiger partial charge on any atom is -0.397 e. The Morgan fingerprint density at radius 2 is 1.89 bits per heavy atom. The van der Waals surface area contributed by atoms with Gasteiger partial charge < -0.3 is 11.1 Å². The third kappa shape index (κ3) is 2.72. The van der Waals surface area contributed by atoms with Crippen LogP contribution < -0.4 is 11.1 Å². The van der Waals surface area contributed by atoms with Crippen molar-refractivity contribution >= 4 is 17.3 Å². The molecule has 0 saturated carbocycles. The number of para-hydroxylation sites is 1. The summed E-state index contributed by atoms with van der Waals surface area (Å²) in [5.41, 5.74) is 8.90. The fourth-order valence-corrected chi connectivity index (χ4v) is 1.74. The summed E-state index contributed by atoms with van der Waals surface area (Å²) in [5, 5.41) is 11.5. The van der Waals surface area contributed by atoms with E-state index in [1.807, 2.05) is 25.1 Å². The summed E-state index contributed by atoms with van der Waals surface area (Å²) in [4.78, 5) is 12.1. The predicted molar refractivity (Wildman–Crippen MR) is 74.7 cm³/mol. The van der Waals surface area contributed by atoms with E-state index in [0.717, 1.165) is 5.56 Å². The molecule has 0 radical (unpaired) electrons. The standard InChI is InChI=1S/C15H13N3O/c1-10-3-2-4-13(17)14(10)18-15(19)12-7-5-11(9-16)6-8-12/h2-8H,17H2,1H3,(H,18,19). The first-order chi connectivity index (χ1) is 9.11. The molecule has 4 heteroatoms. The average molecular weight is 251 g/mol. The summed E-state index contributed by atoms with van der Waals surface area (Å²) in [6, 6.07) is 13.9. The monoisotopic (exact) mass is 251 g/mol. The van der Waals surface area contributed by atoms with Crippen LogP contribution in [0.3, 0.4) is 0 Å². The molecular weight excluding hydrogens is 238 g/mol. The Bertz CT molecular complexity index is 634. The minimum atomic E-state index is -0.245. The van der Waals surface area contributed by atoms with Gasteiger partial charge in [0.2, 0.25) is 0 Å². The van der Waals surface area contributed by atoms with E-state index in [1.54, 1.807) is 30.3 Å². The number of carbonyl (C=O) groups is 1. The average Bonchev–Trinajstić information content (AvgIpc) is 2.43. The third-order valence-electron chi connectivity index (χ3n) is 2.82.